The van der Waals surface area contributed by atoms with E-state index in [1.54, 1.807) is 29.4 Å². The van der Waals surface area contributed by atoms with Crippen molar-refractivity contribution in [1.29, 1.82) is 0 Å². The number of rotatable bonds is 3. The van der Waals surface area contributed by atoms with Crippen LogP contribution in [-0.4, -0.2) is 44.1 Å². The zero-order valence-electron chi connectivity index (χ0n) is 13.4. The molecule has 5 nitrogen and oxygen atoms in total. The van der Waals surface area contributed by atoms with E-state index in [-0.39, 0.29) is 12.1 Å². The monoisotopic (exact) mass is 324 g/mol. The molecule has 6 heteroatoms. The van der Waals surface area contributed by atoms with Crippen LogP contribution in [0.2, 0.25) is 0 Å². The number of amides is 1. The molecule has 2 rings (SSSR count). The molecular weight excluding hydrogens is 300 g/mol. The first kappa shape index (κ1) is 16.9. The Labute approximate surface area is 134 Å². The lowest BCUT2D eigenvalue weighted by molar-refractivity contribution is 0.0125. The average Bonchev–Trinajstić information content (AvgIpc) is 2.47. The minimum absolute atomic E-state index is 0.0300. The molecule has 0 unspecified atom stereocenters. The van der Waals surface area contributed by atoms with Gasteiger partial charge < -0.3 is 9.64 Å². The maximum atomic E-state index is 12.5. The lowest BCUT2D eigenvalue weighted by Gasteiger charge is -2.36. The van der Waals surface area contributed by atoms with E-state index in [1.165, 1.54) is 0 Å². The van der Waals surface area contributed by atoms with Crippen LogP contribution in [0.15, 0.2) is 29.4 Å². The van der Waals surface area contributed by atoms with Gasteiger partial charge in [0.25, 0.3) is 0 Å². The number of ether oxygens (including phenoxy) is 1. The van der Waals surface area contributed by atoms with Crippen LogP contribution in [0.5, 0.6) is 0 Å². The van der Waals surface area contributed by atoms with Gasteiger partial charge in [-0.05, 0) is 52.2 Å². The fourth-order valence-electron chi connectivity index (χ4n) is 2.50. The maximum absolute atomic E-state index is 12.5. The van der Waals surface area contributed by atoms with E-state index >= 15 is 0 Å². The highest BCUT2D eigenvalue weighted by atomic mass is 32.2. The third-order valence-electron chi connectivity index (χ3n) is 3.51. The van der Waals surface area contributed by atoms with E-state index in [1.807, 2.05) is 20.8 Å². The van der Waals surface area contributed by atoms with Crippen LogP contribution in [-0.2, 0) is 15.5 Å². The summed E-state index contributed by atoms with van der Waals surface area (Å²) in [6.07, 6.45) is 5.87. The third kappa shape index (κ3) is 4.80. The molecule has 1 fully saturated rings. The van der Waals surface area contributed by atoms with Crippen molar-refractivity contribution < 1.29 is 13.7 Å². The second-order valence-corrected chi connectivity index (χ2v) is 8.01. The number of carbonyl (C=O) groups excluding carboxylic acids is 1. The summed E-state index contributed by atoms with van der Waals surface area (Å²) in [7, 11) is -1.13. The zero-order valence-corrected chi connectivity index (χ0v) is 14.3. The summed E-state index contributed by atoms with van der Waals surface area (Å²) < 4.78 is 17.9. The lowest BCUT2D eigenvalue weighted by Crippen LogP contribution is -2.48. The van der Waals surface area contributed by atoms with Crippen molar-refractivity contribution in [1.82, 2.24) is 9.88 Å². The Morgan fingerprint density at radius 1 is 1.36 bits per heavy atom. The smallest absolute Gasteiger partial charge is 0.410 e. The predicted molar refractivity (Wildman–Crippen MR) is 86.1 cm³/mol. The van der Waals surface area contributed by atoms with Gasteiger partial charge in [0.15, 0.2) is 0 Å². The number of piperidine rings is 1. The van der Waals surface area contributed by atoms with Gasteiger partial charge in [-0.15, -0.1) is 0 Å². The molecule has 0 saturated carbocycles. The lowest BCUT2D eigenvalue weighted by atomic mass is 10.0. The van der Waals surface area contributed by atoms with Gasteiger partial charge in [-0.1, -0.05) is 0 Å². The van der Waals surface area contributed by atoms with Gasteiger partial charge in [0.05, 0.1) is 10.8 Å². The summed E-state index contributed by atoms with van der Waals surface area (Å²) in [4.78, 5) is 18.8. The molecule has 2 atom stereocenters. The minimum Gasteiger partial charge on any atom is -0.444 e. The highest BCUT2D eigenvalue weighted by Crippen LogP contribution is 2.22. The maximum Gasteiger partial charge on any atom is 0.410 e. The Balaban J connectivity index is 2.04. The Bertz CT molecular complexity index is 528. The summed E-state index contributed by atoms with van der Waals surface area (Å²) >= 11 is 0. The van der Waals surface area contributed by atoms with Gasteiger partial charge in [0, 0.05) is 35.6 Å². The number of pyridine rings is 1. The number of likely N-dealkylation sites (tertiary alicyclic amines) is 1. The zero-order chi connectivity index (χ0) is 16.2. The van der Waals surface area contributed by atoms with Gasteiger partial charge in [-0.2, -0.15) is 0 Å². The number of nitrogens with zero attached hydrogens (tertiary/aromatic N) is 2. The first-order valence-corrected chi connectivity index (χ1v) is 8.97. The van der Waals surface area contributed by atoms with E-state index in [9.17, 15) is 9.00 Å². The fourth-order valence-corrected chi connectivity index (χ4v) is 3.81. The highest BCUT2D eigenvalue weighted by molar-refractivity contribution is 7.85. The predicted octanol–water partition coefficient (Wildman–Crippen LogP) is 2.98. The minimum atomic E-state index is -1.13. The summed E-state index contributed by atoms with van der Waals surface area (Å²) in [6, 6.07) is 3.49. The molecule has 0 bridgehead atoms. The molecule has 1 aliphatic heterocycles. The standard InChI is InChI=1S/C16H24N2O3S/c1-16(2,3)21-15(19)18-11-5-4-6-13(18)12-22(20)14-7-9-17-10-8-14/h7-10,13H,4-6,11-12H2,1-3H3/t13-,22+/m1/s1. The molecule has 2 heterocycles. The van der Waals surface area contributed by atoms with Crippen molar-refractivity contribution in [3.05, 3.63) is 24.5 Å². The molecule has 1 saturated heterocycles. The van der Waals surface area contributed by atoms with Gasteiger partial charge in [-0.25, -0.2) is 4.79 Å². The van der Waals surface area contributed by atoms with Crippen LogP contribution in [0.1, 0.15) is 40.0 Å². The van der Waals surface area contributed by atoms with Crippen LogP contribution in [0, 0.1) is 0 Å². The van der Waals surface area contributed by atoms with Crippen LogP contribution in [0.25, 0.3) is 0 Å². The van der Waals surface area contributed by atoms with Crippen molar-refractivity contribution in [2.75, 3.05) is 12.3 Å². The third-order valence-corrected chi connectivity index (χ3v) is 5.00. The topological polar surface area (TPSA) is 59.5 Å². The molecule has 22 heavy (non-hydrogen) atoms. The summed E-state index contributed by atoms with van der Waals surface area (Å²) in [6.45, 7) is 6.25. The molecule has 0 N–H and O–H groups in total. The molecule has 122 valence electrons. The van der Waals surface area contributed by atoms with E-state index in [0.717, 1.165) is 24.2 Å². The normalized spacial score (nSPS) is 20.5. The first-order chi connectivity index (χ1) is 10.4. The van der Waals surface area contributed by atoms with Gasteiger partial charge >= 0.3 is 6.09 Å². The Kier molecular flexibility index (Phi) is 5.56. The number of carbonyl (C=O) groups is 1. The summed E-state index contributed by atoms with van der Waals surface area (Å²) in [5, 5.41) is 0. The molecule has 1 aromatic rings. The first-order valence-electron chi connectivity index (χ1n) is 7.65. The van der Waals surface area contributed by atoms with Gasteiger partial charge in [0.1, 0.15) is 5.60 Å². The second kappa shape index (κ2) is 7.22. The molecule has 0 aromatic carbocycles. The Morgan fingerprint density at radius 2 is 2.05 bits per heavy atom. The van der Waals surface area contributed by atoms with Crippen LogP contribution in [0.3, 0.4) is 0 Å². The quantitative estimate of drug-likeness (QED) is 0.857. The fraction of sp³-hybridized carbons (Fsp3) is 0.625. The van der Waals surface area contributed by atoms with Gasteiger partial charge in [0.2, 0.25) is 0 Å². The summed E-state index contributed by atoms with van der Waals surface area (Å²) in [5.41, 5.74) is -0.511. The molecule has 1 aromatic heterocycles. The number of hydrogen-bond donors (Lipinski definition) is 0. The summed E-state index contributed by atoms with van der Waals surface area (Å²) in [5.74, 6) is 0.448. The van der Waals surface area contributed by atoms with Crippen LogP contribution >= 0.6 is 0 Å². The Hall–Kier alpha value is -1.43. The van der Waals surface area contributed by atoms with Crippen molar-refractivity contribution in [3.8, 4) is 0 Å². The van der Waals surface area contributed by atoms with Gasteiger partial charge in [-0.3, -0.25) is 9.19 Å². The molecule has 0 aliphatic carbocycles. The number of aromatic nitrogens is 1. The largest absolute Gasteiger partial charge is 0.444 e. The van der Waals surface area contributed by atoms with E-state index in [4.69, 9.17) is 4.74 Å². The average molecular weight is 324 g/mol. The van der Waals surface area contributed by atoms with Crippen molar-refractivity contribution in [3.63, 3.8) is 0 Å². The van der Waals surface area contributed by atoms with E-state index < -0.39 is 16.4 Å². The second-order valence-electron chi connectivity index (χ2n) is 6.52. The SMILES string of the molecule is CC(C)(C)OC(=O)N1CCCC[C@@H]1C[S@](=O)c1ccncc1. The van der Waals surface area contributed by atoms with Crippen LogP contribution < -0.4 is 0 Å². The highest BCUT2D eigenvalue weighted by Gasteiger charge is 2.31. The number of hydrogen-bond acceptors (Lipinski definition) is 4. The molecule has 1 aliphatic rings. The van der Waals surface area contributed by atoms with Crippen molar-refractivity contribution >= 4 is 16.9 Å². The molecule has 1 amide bonds. The van der Waals surface area contributed by atoms with E-state index in [0.29, 0.717) is 12.3 Å². The molecular formula is C16H24N2O3S. The molecule has 0 radical (unpaired) electrons. The van der Waals surface area contributed by atoms with Crippen molar-refractivity contribution in [2.45, 2.75) is 56.6 Å². The van der Waals surface area contributed by atoms with Crippen molar-refractivity contribution in [2.24, 2.45) is 0 Å². The van der Waals surface area contributed by atoms with Crippen LogP contribution in [0.4, 0.5) is 4.79 Å². The Morgan fingerprint density at radius 3 is 2.68 bits per heavy atom. The van der Waals surface area contributed by atoms with E-state index in [2.05, 4.69) is 4.98 Å². The molecule has 0 spiro atoms.